The summed E-state index contributed by atoms with van der Waals surface area (Å²) in [6, 6.07) is 0. The normalized spacial score (nSPS) is 26.4. The van der Waals surface area contributed by atoms with E-state index in [9.17, 15) is 45.3 Å². The van der Waals surface area contributed by atoms with E-state index in [4.69, 9.17) is 28.4 Å². The van der Waals surface area contributed by atoms with Crippen LogP contribution in [0.15, 0.2) is 122 Å². The van der Waals surface area contributed by atoms with Crippen LogP contribution in [0, 0.1) is 0 Å². The lowest BCUT2D eigenvalue weighted by atomic mass is 9.98. The molecule has 0 radical (unpaired) electrons. The van der Waals surface area contributed by atoms with E-state index in [1.54, 1.807) is 0 Å². The Morgan fingerprint density at radius 2 is 0.871 bits per heavy atom. The van der Waals surface area contributed by atoms with Crippen molar-refractivity contribution in [3.63, 3.8) is 0 Å². The van der Waals surface area contributed by atoms with Gasteiger partial charge in [-0.1, -0.05) is 135 Å². The van der Waals surface area contributed by atoms with Gasteiger partial charge in [-0.3, -0.25) is 9.59 Å². The third-order valence-corrected chi connectivity index (χ3v) is 10.9. The summed E-state index contributed by atoms with van der Waals surface area (Å²) in [5.41, 5.74) is 0. The Balaban J connectivity index is 1.88. The number of ether oxygens (including phenoxy) is 6. The molecule has 11 unspecified atom stereocenters. The Morgan fingerprint density at radius 3 is 1.34 bits per heavy atom. The first kappa shape index (κ1) is 62.0. The zero-order valence-electron chi connectivity index (χ0n) is 41.4. The second kappa shape index (κ2) is 40.5. The lowest BCUT2D eigenvalue weighted by Crippen LogP contribution is -2.61. The van der Waals surface area contributed by atoms with Crippen LogP contribution in [0.1, 0.15) is 117 Å². The molecule has 0 amide bonds. The summed E-state index contributed by atoms with van der Waals surface area (Å²) in [6.07, 6.45) is 36.7. The fraction of sp³-hybridized carbons (Fsp3) is 0.600. The van der Waals surface area contributed by atoms with Crippen LogP contribution < -0.4 is 0 Å². The molecule has 0 aromatic carbocycles. The first-order chi connectivity index (χ1) is 34.0. The van der Waals surface area contributed by atoms with Crippen molar-refractivity contribution >= 4 is 11.9 Å². The lowest BCUT2D eigenvalue weighted by molar-refractivity contribution is -0.332. The summed E-state index contributed by atoms with van der Waals surface area (Å²) < 4.78 is 33.4. The van der Waals surface area contributed by atoms with Gasteiger partial charge >= 0.3 is 11.9 Å². The molecule has 15 heteroatoms. The first-order valence-electron chi connectivity index (χ1n) is 25.1. The van der Waals surface area contributed by atoms with Crippen LogP contribution in [0.2, 0.25) is 0 Å². The Labute approximate surface area is 416 Å². The molecular weight excluding hydrogens is 901 g/mol. The molecule has 0 aliphatic carbocycles. The average Bonchev–Trinajstić information content (AvgIpc) is 3.35. The molecule has 2 fully saturated rings. The maximum absolute atomic E-state index is 13.0. The van der Waals surface area contributed by atoms with Crippen molar-refractivity contribution in [2.24, 2.45) is 0 Å². The summed E-state index contributed by atoms with van der Waals surface area (Å²) in [7, 11) is 0. The highest BCUT2D eigenvalue weighted by molar-refractivity contribution is 5.70. The number of rotatable bonds is 36. The maximum atomic E-state index is 13.0. The molecule has 394 valence electrons. The van der Waals surface area contributed by atoms with Gasteiger partial charge in [0.1, 0.15) is 55.4 Å². The Kier molecular flexibility index (Phi) is 35.9. The van der Waals surface area contributed by atoms with Crippen LogP contribution in [0.4, 0.5) is 0 Å². The van der Waals surface area contributed by atoms with Gasteiger partial charge in [0.2, 0.25) is 0 Å². The van der Waals surface area contributed by atoms with Crippen molar-refractivity contribution in [2.75, 3.05) is 26.4 Å². The van der Waals surface area contributed by atoms with Gasteiger partial charge in [0.15, 0.2) is 18.7 Å². The molecule has 70 heavy (non-hydrogen) atoms. The minimum absolute atomic E-state index is 0.0226. The van der Waals surface area contributed by atoms with Crippen molar-refractivity contribution in [3.05, 3.63) is 122 Å². The molecule has 0 saturated carbocycles. The molecule has 0 spiro atoms. The first-order valence-corrected chi connectivity index (χ1v) is 25.1. The third-order valence-electron chi connectivity index (χ3n) is 10.9. The van der Waals surface area contributed by atoms with Crippen LogP contribution in [0.5, 0.6) is 0 Å². The van der Waals surface area contributed by atoms with Crippen molar-refractivity contribution in [2.45, 2.75) is 184 Å². The van der Waals surface area contributed by atoms with Crippen molar-refractivity contribution in [1.29, 1.82) is 0 Å². The van der Waals surface area contributed by atoms with Crippen LogP contribution in [-0.2, 0) is 38.0 Å². The van der Waals surface area contributed by atoms with Crippen molar-refractivity contribution in [3.8, 4) is 0 Å². The minimum Gasteiger partial charge on any atom is -0.462 e. The minimum atomic E-state index is -1.79. The zero-order valence-corrected chi connectivity index (χ0v) is 41.4. The number of esters is 2. The van der Waals surface area contributed by atoms with Gasteiger partial charge in [0.05, 0.1) is 19.8 Å². The standard InChI is InChI=1S/C55H84O15/c1-3-5-7-9-11-13-15-17-19-20-21-22-24-26-28-30-32-34-36-38-47(58)68-43(40-65-46(57)37-35-33-31-29-27-25-23-18-16-14-12-10-8-6-4-2)41-66-54-53(64)51(62)49(60)45(70-54)42-67-55-52(63)50(61)48(59)44(39-56)69-55/h5-8,11-14,17-19,21-23,26-29,32,34,43-45,48-56,59-64H,3-4,9-10,15-16,20,24-25,30-31,33,35-42H2,1-2H3/b7-5-,8-6-,13-11-,14-12-,19-17-,22-21-,23-18-,28-26-,29-27-,34-32-. The molecule has 7 N–H and O–H groups in total. The number of allylic oxidation sites excluding steroid dienone is 20. The van der Waals surface area contributed by atoms with E-state index >= 15 is 0 Å². The van der Waals surface area contributed by atoms with Crippen LogP contribution >= 0.6 is 0 Å². The molecule has 0 aromatic heterocycles. The number of aliphatic hydroxyl groups is 7. The van der Waals surface area contributed by atoms with E-state index in [2.05, 4.69) is 117 Å². The number of hydrogen-bond acceptors (Lipinski definition) is 15. The van der Waals surface area contributed by atoms with Gasteiger partial charge in [-0.25, -0.2) is 0 Å². The monoisotopic (exact) mass is 985 g/mol. The summed E-state index contributed by atoms with van der Waals surface area (Å²) in [4.78, 5) is 25.7. The number of carbonyl (C=O) groups is 2. The van der Waals surface area contributed by atoms with E-state index in [0.29, 0.717) is 19.3 Å². The predicted molar refractivity (Wildman–Crippen MR) is 270 cm³/mol. The number of carbonyl (C=O) groups excluding carboxylic acids is 2. The van der Waals surface area contributed by atoms with E-state index in [0.717, 1.165) is 70.6 Å². The highest BCUT2D eigenvalue weighted by Gasteiger charge is 2.47. The van der Waals surface area contributed by atoms with Gasteiger partial charge < -0.3 is 64.2 Å². The van der Waals surface area contributed by atoms with E-state index in [-0.39, 0.29) is 19.4 Å². The molecule has 0 aromatic rings. The van der Waals surface area contributed by atoms with Crippen LogP contribution in [0.25, 0.3) is 0 Å². The molecule has 0 bridgehead atoms. The number of hydrogen-bond donors (Lipinski definition) is 7. The maximum Gasteiger partial charge on any atom is 0.306 e. The van der Waals surface area contributed by atoms with Crippen LogP contribution in [0.3, 0.4) is 0 Å². The largest absolute Gasteiger partial charge is 0.462 e. The van der Waals surface area contributed by atoms with E-state index in [1.165, 1.54) is 0 Å². The van der Waals surface area contributed by atoms with Crippen LogP contribution in [-0.4, -0.2) is 142 Å². The number of aliphatic hydroxyl groups excluding tert-OH is 7. The lowest BCUT2D eigenvalue weighted by Gasteiger charge is -2.42. The summed E-state index contributed by atoms with van der Waals surface area (Å²) in [6.45, 7) is 2.20. The molecular formula is C55H84O15. The summed E-state index contributed by atoms with van der Waals surface area (Å²) in [5.74, 6) is -1.09. The average molecular weight is 985 g/mol. The van der Waals surface area contributed by atoms with Gasteiger partial charge in [-0.15, -0.1) is 0 Å². The Hall–Kier alpha value is -4.10. The topological polar surface area (TPSA) is 231 Å². The van der Waals surface area contributed by atoms with Gasteiger partial charge in [-0.2, -0.15) is 0 Å². The number of unbranched alkanes of at least 4 members (excludes halogenated alkanes) is 2. The predicted octanol–water partition coefficient (Wildman–Crippen LogP) is 6.93. The van der Waals surface area contributed by atoms with Gasteiger partial charge in [0.25, 0.3) is 0 Å². The summed E-state index contributed by atoms with van der Waals surface area (Å²) >= 11 is 0. The SMILES string of the molecule is CC/C=C\C/C=C\C/C=C\C/C=C\C/C=C\C/C=C\CCC(=O)OC(COC(=O)CCCC/C=C\C/C=C\C/C=C\C/C=C\CC)COC1OC(COC2OC(CO)C(O)C(O)C2O)C(O)C(O)C1O. The second-order valence-corrected chi connectivity index (χ2v) is 16.9. The van der Waals surface area contributed by atoms with Crippen molar-refractivity contribution < 1.29 is 73.8 Å². The Bertz CT molecular complexity index is 1680. The highest BCUT2D eigenvalue weighted by Crippen LogP contribution is 2.26. The molecule has 2 heterocycles. The van der Waals surface area contributed by atoms with E-state index in [1.807, 2.05) is 18.2 Å². The van der Waals surface area contributed by atoms with Crippen molar-refractivity contribution in [1.82, 2.24) is 0 Å². The smallest absolute Gasteiger partial charge is 0.306 e. The molecule has 2 saturated heterocycles. The quantitative estimate of drug-likeness (QED) is 0.0192. The summed E-state index contributed by atoms with van der Waals surface area (Å²) in [5, 5.41) is 72.1. The highest BCUT2D eigenvalue weighted by atomic mass is 16.7. The molecule has 2 rings (SSSR count). The van der Waals surface area contributed by atoms with Gasteiger partial charge in [0, 0.05) is 12.8 Å². The molecule has 11 atom stereocenters. The Morgan fingerprint density at radius 1 is 0.457 bits per heavy atom. The third kappa shape index (κ3) is 28.1. The second-order valence-electron chi connectivity index (χ2n) is 16.9. The fourth-order valence-electron chi connectivity index (χ4n) is 6.88. The van der Waals surface area contributed by atoms with Gasteiger partial charge in [-0.05, 0) is 89.9 Å². The molecule has 2 aliphatic rings. The molecule has 2 aliphatic heterocycles. The fourth-order valence-corrected chi connectivity index (χ4v) is 6.88. The van der Waals surface area contributed by atoms with E-state index < -0.39 is 99.3 Å². The zero-order chi connectivity index (χ0) is 51.0. The molecule has 15 nitrogen and oxygen atoms in total.